The van der Waals surface area contributed by atoms with Crippen LogP contribution in [0.4, 0.5) is 0 Å². The highest BCUT2D eigenvalue weighted by Crippen LogP contribution is 2.39. The summed E-state index contributed by atoms with van der Waals surface area (Å²) in [5, 5.41) is 7.57. The standard InChI is InChI=1S/C14H18N4S/c1-2-15-14(12-9-17-18-19-12)11-7-3-5-10-6-4-8-16-13(10)11/h4,6,8-9,11,14-15H,2-3,5,7H2,1H3. The van der Waals surface area contributed by atoms with Crippen LogP contribution in [0.5, 0.6) is 0 Å². The van der Waals surface area contributed by atoms with Gasteiger partial charge < -0.3 is 5.32 Å². The number of nitrogens with zero attached hydrogens (tertiary/aromatic N) is 3. The van der Waals surface area contributed by atoms with Gasteiger partial charge in [0.15, 0.2) is 0 Å². The molecule has 0 amide bonds. The summed E-state index contributed by atoms with van der Waals surface area (Å²) >= 11 is 1.49. The zero-order chi connectivity index (χ0) is 13.1. The molecule has 0 aliphatic heterocycles. The van der Waals surface area contributed by atoms with Crippen molar-refractivity contribution in [1.82, 2.24) is 19.9 Å². The zero-order valence-electron chi connectivity index (χ0n) is 11.0. The monoisotopic (exact) mass is 274 g/mol. The summed E-state index contributed by atoms with van der Waals surface area (Å²) in [5.41, 5.74) is 2.66. The minimum atomic E-state index is 0.291. The number of hydrogen-bond donors (Lipinski definition) is 1. The first-order valence-electron chi connectivity index (χ1n) is 6.84. The number of aromatic nitrogens is 3. The lowest BCUT2D eigenvalue weighted by Gasteiger charge is -2.30. The average Bonchev–Trinajstić information content (AvgIpc) is 2.98. The summed E-state index contributed by atoms with van der Waals surface area (Å²) in [4.78, 5) is 5.85. The van der Waals surface area contributed by atoms with Gasteiger partial charge in [0.25, 0.3) is 0 Å². The van der Waals surface area contributed by atoms with E-state index in [-0.39, 0.29) is 0 Å². The van der Waals surface area contributed by atoms with Crippen molar-refractivity contribution in [3.8, 4) is 0 Å². The Labute approximate surface area is 117 Å². The first-order chi connectivity index (χ1) is 9.40. The van der Waals surface area contributed by atoms with Gasteiger partial charge in [-0.1, -0.05) is 17.5 Å². The van der Waals surface area contributed by atoms with Crippen LogP contribution in [0.15, 0.2) is 24.5 Å². The van der Waals surface area contributed by atoms with Crippen molar-refractivity contribution in [2.75, 3.05) is 6.54 Å². The number of pyridine rings is 1. The Morgan fingerprint density at radius 3 is 3.26 bits per heavy atom. The lowest BCUT2D eigenvalue weighted by Crippen LogP contribution is -2.29. The molecule has 2 heterocycles. The second-order valence-corrected chi connectivity index (χ2v) is 5.72. The molecule has 0 spiro atoms. The van der Waals surface area contributed by atoms with Gasteiger partial charge in [0.2, 0.25) is 0 Å². The number of hydrogen-bond acceptors (Lipinski definition) is 5. The van der Waals surface area contributed by atoms with Gasteiger partial charge in [0, 0.05) is 17.8 Å². The predicted molar refractivity (Wildman–Crippen MR) is 76.2 cm³/mol. The largest absolute Gasteiger partial charge is 0.309 e. The number of aryl methyl sites for hydroxylation is 1. The zero-order valence-corrected chi connectivity index (χ0v) is 11.9. The molecule has 100 valence electrons. The normalized spacial score (nSPS) is 19.9. The molecule has 2 aromatic rings. The number of fused-ring (bicyclic) bond motifs is 1. The highest BCUT2D eigenvalue weighted by molar-refractivity contribution is 7.05. The van der Waals surface area contributed by atoms with Crippen molar-refractivity contribution >= 4 is 11.5 Å². The van der Waals surface area contributed by atoms with E-state index in [9.17, 15) is 0 Å². The fourth-order valence-corrected chi connectivity index (χ4v) is 3.59. The van der Waals surface area contributed by atoms with Crippen LogP contribution in [0.25, 0.3) is 0 Å². The highest BCUT2D eigenvalue weighted by atomic mass is 32.1. The van der Waals surface area contributed by atoms with Gasteiger partial charge in [-0.2, -0.15) is 0 Å². The summed E-state index contributed by atoms with van der Waals surface area (Å²) in [7, 11) is 0. The van der Waals surface area contributed by atoms with Crippen LogP contribution in [0.3, 0.4) is 0 Å². The molecule has 2 atom stereocenters. The molecule has 2 aromatic heterocycles. The molecule has 0 bridgehead atoms. The van der Waals surface area contributed by atoms with Gasteiger partial charge in [-0.3, -0.25) is 4.98 Å². The molecule has 2 unspecified atom stereocenters. The first-order valence-corrected chi connectivity index (χ1v) is 7.62. The molecule has 1 N–H and O–H groups in total. The van der Waals surface area contributed by atoms with E-state index in [2.05, 4.69) is 32.9 Å². The Balaban J connectivity index is 1.96. The van der Waals surface area contributed by atoms with Crippen LogP contribution < -0.4 is 5.32 Å². The minimum absolute atomic E-state index is 0.291. The Kier molecular flexibility index (Phi) is 3.84. The van der Waals surface area contributed by atoms with Gasteiger partial charge in [0.1, 0.15) is 0 Å². The fraction of sp³-hybridized carbons (Fsp3) is 0.500. The van der Waals surface area contributed by atoms with E-state index in [1.54, 1.807) is 0 Å². The van der Waals surface area contributed by atoms with Crippen LogP contribution in [-0.4, -0.2) is 21.1 Å². The molecule has 0 radical (unpaired) electrons. The van der Waals surface area contributed by atoms with Gasteiger partial charge >= 0.3 is 0 Å². The molecule has 4 nitrogen and oxygen atoms in total. The van der Waals surface area contributed by atoms with Crippen LogP contribution in [0.2, 0.25) is 0 Å². The maximum Gasteiger partial charge on any atom is 0.0669 e. The first kappa shape index (κ1) is 12.7. The molecule has 0 fully saturated rings. The predicted octanol–water partition coefficient (Wildman–Crippen LogP) is 2.70. The van der Waals surface area contributed by atoms with E-state index in [4.69, 9.17) is 0 Å². The molecule has 1 aliphatic carbocycles. The molecule has 0 saturated heterocycles. The smallest absolute Gasteiger partial charge is 0.0669 e. The van der Waals surface area contributed by atoms with Crippen LogP contribution >= 0.6 is 11.5 Å². The van der Waals surface area contributed by atoms with E-state index < -0.39 is 0 Å². The second-order valence-electron chi connectivity index (χ2n) is 4.90. The molecule has 0 saturated carbocycles. The highest BCUT2D eigenvalue weighted by Gasteiger charge is 2.30. The number of nitrogens with one attached hydrogen (secondary N) is 1. The molecule has 1 aliphatic rings. The summed E-state index contributed by atoms with van der Waals surface area (Å²) in [6.07, 6.45) is 7.36. The number of rotatable bonds is 4. The van der Waals surface area contributed by atoms with E-state index in [1.807, 2.05) is 18.5 Å². The summed E-state index contributed by atoms with van der Waals surface area (Å²) in [6.45, 7) is 3.09. The van der Waals surface area contributed by atoms with Crippen molar-refractivity contribution in [1.29, 1.82) is 0 Å². The van der Waals surface area contributed by atoms with Gasteiger partial charge in [-0.25, -0.2) is 0 Å². The SMILES string of the molecule is CCNC(c1cnns1)C1CCCc2cccnc21. The van der Waals surface area contributed by atoms with Gasteiger partial charge in [-0.15, -0.1) is 5.10 Å². The van der Waals surface area contributed by atoms with E-state index >= 15 is 0 Å². The quantitative estimate of drug-likeness (QED) is 0.931. The maximum absolute atomic E-state index is 4.64. The summed E-state index contributed by atoms with van der Waals surface area (Å²) in [6, 6.07) is 4.54. The van der Waals surface area contributed by atoms with E-state index in [0.717, 1.165) is 13.0 Å². The summed E-state index contributed by atoms with van der Waals surface area (Å²) in [5.74, 6) is 0.437. The van der Waals surface area contributed by atoms with Crippen LogP contribution in [-0.2, 0) is 6.42 Å². The third kappa shape index (κ3) is 2.53. The third-order valence-corrected chi connectivity index (χ3v) is 4.50. The van der Waals surface area contributed by atoms with E-state index in [0.29, 0.717) is 12.0 Å². The minimum Gasteiger partial charge on any atom is -0.309 e. The average molecular weight is 274 g/mol. The molecule has 3 rings (SSSR count). The third-order valence-electron chi connectivity index (χ3n) is 3.75. The molecule has 0 aromatic carbocycles. The molecule has 5 heteroatoms. The van der Waals surface area contributed by atoms with Crippen molar-refractivity contribution in [2.45, 2.75) is 38.1 Å². The lowest BCUT2D eigenvalue weighted by molar-refractivity contribution is 0.405. The van der Waals surface area contributed by atoms with Gasteiger partial charge in [0.05, 0.1) is 17.1 Å². The van der Waals surface area contributed by atoms with Crippen molar-refractivity contribution < 1.29 is 0 Å². The Morgan fingerprint density at radius 2 is 2.47 bits per heavy atom. The van der Waals surface area contributed by atoms with Crippen LogP contribution in [0.1, 0.15) is 47.9 Å². The Bertz CT molecular complexity index is 526. The van der Waals surface area contributed by atoms with Gasteiger partial charge in [-0.05, 0) is 49.0 Å². The number of likely N-dealkylation sites (N-methyl/N-ethyl adjacent to an activating group) is 1. The Hall–Kier alpha value is -1.33. The van der Waals surface area contributed by atoms with Crippen molar-refractivity contribution in [3.05, 3.63) is 40.7 Å². The molecular weight excluding hydrogens is 256 g/mol. The topological polar surface area (TPSA) is 50.7 Å². The summed E-state index contributed by atoms with van der Waals surface area (Å²) < 4.78 is 4.01. The Morgan fingerprint density at radius 1 is 1.53 bits per heavy atom. The molecule has 19 heavy (non-hydrogen) atoms. The fourth-order valence-electron chi connectivity index (χ4n) is 2.94. The second kappa shape index (κ2) is 5.75. The van der Waals surface area contributed by atoms with Crippen molar-refractivity contribution in [3.63, 3.8) is 0 Å². The lowest BCUT2D eigenvalue weighted by atomic mass is 9.81. The van der Waals surface area contributed by atoms with Crippen molar-refractivity contribution in [2.24, 2.45) is 0 Å². The molecular formula is C14H18N4S. The van der Waals surface area contributed by atoms with E-state index in [1.165, 1.54) is 40.5 Å². The maximum atomic E-state index is 4.64. The van der Waals surface area contributed by atoms with Crippen LogP contribution in [0, 0.1) is 0 Å².